The normalized spacial score (nSPS) is 11.0. The van der Waals surface area contributed by atoms with Crippen LogP contribution in [0.5, 0.6) is 11.5 Å². The zero-order valence-corrected chi connectivity index (χ0v) is 17.1. The molecule has 0 heterocycles. The highest BCUT2D eigenvalue weighted by molar-refractivity contribution is 7.92. The molecule has 0 aliphatic rings. The number of benzene rings is 3. The number of rotatable bonds is 7. The van der Waals surface area contributed by atoms with Gasteiger partial charge in [0.2, 0.25) is 5.91 Å². The molecule has 29 heavy (non-hydrogen) atoms. The Morgan fingerprint density at radius 2 is 1.55 bits per heavy atom. The number of alkyl halides is 1. The van der Waals surface area contributed by atoms with Crippen molar-refractivity contribution in [2.24, 2.45) is 0 Å². The number of hydrogen-bond donors (Lipinski definition) is 2. The first-order valence-electron chi connectivity index (χ1n) is 8.69. The van der Waals surface area contributed by atoms with Gasteiger partial charge >= 0.3 is 0 Å². The second-order valence-corrected chi connectivity index (χ2v) is 8.20. The summed E-state index contributed by atoms with van der Waals surface area (Å²) in [6, 6.07) is 20.0. The van der Waals surface area contributed by atoms with Crippen LogP contribution in [0.15, 0.2) is 77.7 Å². The fourth-order valence-electron chi connectivity index (χ4n) is 2.55. The Hall–Kier alpha value is -3.03. The molecule has 150 valence electrons. The third-order valence-electron chi connectivity index (χ3n) is 3.90. The number of carbonyl (C=O) groups excluding carboxylic acids is 1. The molecule has 0 fully saturated rings. The average molecular weight is 431 g/mol. The highest BCUT2D eigenvalue weighted by Gasteiger charge is 2.14. The molecule has 0 saturated heterocycles. The van der Waals surface area contributed by atoms with E-state index in [1.165, 1.54) is 12.1 Å². The maximum atomic E-state index is 12.5. The Morgan fingerprint density at radius 1 is 0.931 bits per heavy atom. The van der Waals surface area contributed by atoms with Gasteiger partial charge in [-0.15, -0.1) is 11.6 Å². The summed E-state index contributed by atoms with van der Waals surface area (Å²) in [5, 5.41) is 2.63. The number of amides is 1. The van der Waals surface area contributed by atoms with Gasteiger partial charge in [-0.25, -0.2) is 8.42 Å². The Bertz CT molecular complexity index is 1100. The molecule has 0 saturated carbocycles. The van der Waals surface area contributed by atoms with E-state index in [2.05, 4.69) is 10.0 Å². The molecule has 8 heteroatoms. The number of halogens is 1. The van der Waals surface area contributed by atoms with Crippen molar-refractivity contribution in [3.63, 3.8) is 0 Å². The molecule has 3 rings (SSSR count). The van der Waals surface area contributed by atoms with Crippen molar-refractivity contribution in [1.82, 2.24) is 0 Å². The van der Waals surface area contributed by atoms with Crippen molar-refractivity contribution in [2.75, 3.05) is 15.9 Å². The van der Waals surface area contributed by atoms with Crippen molar-refractivity contribution >= 4 is 38.9 Å². The number of nitrogens with one attached hydrogen (secondary N) is 2. The van der Waals surface area contributed by atoms with E-state index in [9.17, 15) is 13.2 Å². The summed E-state index contributed by atoms with van der Waals surface area (Å²) in [5.41, 5.74) is 2.07. The first-order valence-corrected chi connectivity index (χ1v) is 10.7. The summed E-state index contributed by atoms with van der Waals surface area (Å²) in [6.07, 6.45) is 0. The molecule has 3 aromatic carbocycles. The van der Waals surface area contributed by atoms with Gasteiger partial charge < -0.3 is 10.1 Å². The number of ether oxygens (including phenoxy) is 1. The minimum absolute atomic E-state index is 0.119. The maximum Gasteiger partial charge on any atom is 0.261 e. The molecule has 0 atom stereocenters. The summed E-state index contributed by atoms with van der Waals surface area (Å²) in [5.74, 6) is 0.613. The van der Waals surface area contributed by atoms with Crippen LogP contribution in [0, 0.1) is 6.92 Å². The Balaban J connectivity index is 1.67. The van der Waals surface area contributed by atoms with Crippen LogP contribution in [0.3, 0.4) is 0 Å². The lowest BCUT2D eigenvalue weighted by Gasteiger charge is -2.10. The van der Waals surface area contributed by atoms with Gasteiger partial charge in [-0.05, 0) is 73.2 Å². The predicted molar refractivity (Wildman–Crippen MR) is 114 cm³/mol. The van der Waals surface area contributed by atoms with Gasteiger partial charge in [0.1, 0.15) is 17.4 Å². The van der Waals surface area contributed by atoms with Crippen LogP contribution in [0.25, 0.3) is 0 Å². The van der Waals surface area contributed by atoms with Crippen molar-refractivity contribution in [3.8, 4) is 11.5 Å². The van der Waals surface area contributed by atoms with Gasteiger partial charge in [0.25, 0.3) is 10.0 Å². The van der Waals surface area contributed by atoms with Crippen LogP contribution < -0.4 is 14.8 Å². The second kappa shape index (κ2) is 8.98. The van der Waals surface area contributed by atoms with Gasteiger partial charge in [-0.1, -0.05) is 12.1 Å². The van der Waals surface area contributed by atoms with Crippen molar-refractivity contribution in [1.29, 1.82) is 0 Å². The van der Waals surface area contributed by atoms with E-state index in [1.54, 1.807) is 54.6 Å². The summed E-state index contributed by atoms with van der Waals surface area (Å²) in [6.45, 7) is 1.89. The van der Waals surface area contributed by atoms with Gasteiger partial charge in [0.05, 0.1) is 4.90 Å². The Kier molecular flexibility index (Phi) is 6.41. The predicted octanol–water partition coefficient (Wildman–Crippen LogP) is 4.77. The number of aryl methyl sites for hydroxylation is 1. The van der Waals surface area contributed by atoms with Crippen LogP contribution in [0.2, 0.25) is 0 Å². The smallest absolute Gasteiger partial charge is 0.261 e. The van der Waals surface area contributed by atoms with Crippen molar-refractivity contribution < 1.29 is 17.9 Å². The quantitative estimate of drug-likeness (QED) is 0.529. The maximum absolute atomic E-state index is 12.5. The number of sulfonamides is 1. The van der Waals surface area contributed by atoms with Crippen LogP contribution in [-0.4, -0.2) is 20.2 Å². The molecule has 0 radical (unpaired) electrons. The lowest BCUT2D eigenvalue weighted by molar-refractivity contribution is -0.113. The first kappa shape index (κ1) is 20.7. The number of hydrogen-bond acceptors (Lipinski definition) is 4. The lowest BCUT2D eigenvalue weighted by atomic mass is 10.2. The molecule has 0 bridgehead atoms. The first-order chi connectivity index (χ1) is 13.9. The topological polar surface area (TPSA) is 84.5 Å². The van der Waals surface area contributed by atoms with E-state index < -0.39 is 10.0 Å². The molecule has 0 unspecified atom stereocenters. The molecule has 6 nitrogen and oxygen atoms in total. The summed E-state index contributed by atoms with van der Waals surface area (Å²) >= 11 is 5.45. The fraction of sp³-hybridized carbons (Fsp3) is 0.0952. The third-order valence-corrected chi connectivity index (χ3v) is 5.54. The summed E-state index contributed by atoms with van der Waals surface area (Å²) < 4.78 is 33.3. The lowest BCUT2D eigenvalue weighted by Crippen LogP contribution is -2.12. The second-order valence-electron chi connectivity index (χ2n) is 6.25. The van der Waals surface area contributed by atoms with Gasteiger partial charge in [-0.2, -0.15) is 0 Å². The van der Waals surface area contributed by atoms with Gasteiger partial charge in [-0.3, -0.25) is 9.52 Å². The molecule has 3 aromatic rings. The van der Waals surface area contributed by atoms with Crippen LogP contribution >= 0.6 is 11.6 Å². The Labute approximate surface area is 174 Å². The van der Waals surface area contributed by atoms with Crippen molar-refractivity contribution in [2.45, 2.75) is 11.8 Å². The van der Waals surface area contributed by atoms with Crippen LogP contribution in [-0.2, 0) is 14.8 Å². The monoisotopic (exact) mass is 430 g/mol. The van der Waals surface area contributed by atoms with E-state index in [1.807, 2.05) is 13.0 Å². The molecule has 0 aliphatic carbocycles. The molecule has 0 aromatic heterocycles. The highest BCUT2D eigenvalue weighted by atomic mass is 35.5. The van der Waals surface area contributed by atoms with Gasteiger partial charge in [0, 0.05) is 11.4 Å². The minimum Gasteiger partial charge on any atom is -0.457 e. The largest absolute Gasteiger partial charge is 0.457 e. The fourth-order valence-corrected chi connectivity index (χ4v) is 3.66. The number of carbonyl (C=O) groups is 1. The molecular formula is C21H19ClN2O4S. The van der Waals surface area contributed by atoms with E-state index in [-0.39, 0.29) is 16.7 Å². The molecule has 0 spiro atoms. The zero-order chi connectivity index (χ0) is 20.9. The SMILES string of the molecule is Cc1cccc(NS(=O)(=O)c2ccc(Oc3ccc(NC(=O)CCl)cc3)cc2)c1. The standard InChI is InChI=1S/C21H19ClN2O4S/c1-15-3-2-4-17(13-15)24-29(26,27)20-11-9-19(10-12-20)28-18-7-5-16(6-8-18)23-21(25)14-22/h2-13,24H,14H2,1H3,(H,23,25). The molecule has 0 aliphatic heterocycles. The third kappa shape index (κ3) is 5.73. The van der Waals surface area contributed by atoms with Crippen LogP contribution in [0.1, 0.15) is 5.56 Å². The number of anilines is 2. The van der Waals surface area contributed by atoms with E-state index in [0.29, 0.717) is 22.9 Å². The van der Waals surface area contributed by atoms with Gasteiger partial charge in [0.15, 0.2) is 0 Å². The molecular weight excluding hydrogens is 412 g/mol. The highest BCUT2D eigenvalue weighted by Crippen LogP contribution is 2.25. The van der Waals surface area contributed by atoms with Crippen LogP contribution in [0.4, 0.5) is 11.4 Å². The molecule has 1 amide bonds. The minimum atomic E-state index is -3.70. The van der Waals surface area contributed by atoms with Crippen molar-refractivity contribution in [3.05, 3.63) is 78.4 Å². The average Bonchev–Trinajstić information content (AvgIpc) is 2.69. The summed E-state index contributed by atoms with van der Waals surface area (Å²) in [4.78, 5) is 11.4. The van der Waals surface area contributed by atoms with E-state index >= 15 is 0 Å². The Morgan fingerprint density at radius 3 is 2.14 bits per heavy atom. The zero-order valence-electron chi connectivity index (χ0n) is 15.6. The van der Waals surface area contributed by atoms with E-state index in [0.717, 1.165) is 5.56 Å². The molecule has 2 N–H and O–H groups in total. The summed E-state index contributed by atoms with van der Waals surface area (Å²) in [7, 11) is -3.70. The van der Waals surface area contributed by atoms with E-state index in [4.69, 9.17) is 16.3 Å².